The van der Waals surface area contributed by atoms with Crippen molar-refractivity contribution in [3.8, 4) is 0 Å². The van der Waals surface area contributed by atoms with Gasteiger partial charge in [-0.25, -0.2) is 27.5 Å². The Morgan fingerprint density at radius 2 is 1.61 bits per heavy atom. The zero-order valence-electron chi connectivity index (χ0n) is 15.8. The first kappa shape index (κ1) is 20.1. The van der Waals surface area contributed by atoms with Crippen LogP contribution in [0.25, 0.3) is 0 Å². The van der Waals surface area contributed by atoms with Crippen LogP contribution in [0.3, 0.4) is 0 Å². The number of aromatic nitrogens is 2. The van der Waals surface area contributed by atoms with Crippen LogP contribution in [0, 0.1) is 11.8 Å². The fourth-order valence-corrected chi connectivity index (χ4v) is 4.07. The Bertz CT molecular complexity index is 986. The van der Waals surface area contributed by atoms with Gasteiger partial charge in [0.25, 0.3) is 11.8 Å². The van der Waals surface area contributed by atoms with E-state index in [2.05, 4.69) is 15.3 Å². The number of hydrogen-bond acceptors (Lipinski definition) is 5. The molecule has 166 valence electrons. The Balaban J connectivity index is 1.40. The summed E-state index contributed by atoms with van der Waals surface area (Å²) in [4.78, 5) is 11.2. The third kappa shape index (κ3) is 3.61. The van der Waals surface area contributed by atoms with Crippen molar-refractivity contribution in [3.05, 3.63) is 36.0 Å². The molecule has 12 heteroatoms. The first-order valence-electron chi connectivity index (χ1n) is 9.50. The molecule has 2 saturated heterocycles. The van der Waals surface area contributed by atoms with Crippen molar-refractivity contribution in [2.75, 3.05) is 41.3 Å². The van der Waals surface area contributed by atoms with Gasteiger partial charge in [0.2, 0.25) is 0 Å². The molecule has 3 fully saturated rings. The number of rotatable bonds is 4. The molecular weight excluding hydrogens is 431 g/mol. The number of anilines is 4. The van der Waals surface area contributed by atoms with E-state index in [0.717, 1.165) is 12.1 Å². The quantitative estimate of drug-likeness (QED) is 0.705. The van der Waals surface area contributed by atoms with Gasteiger partial charge in [-0.2, -0.15) is 13.2 Å². The molecule has 0 radical (unpaired) electrons. The third-order valence-electron chi connectivity index (χ3n) is 5.88. The number of nitrogens with zero attached hydrogens (tertiary/aromatic N) is 4. The number of hydrogen-bond donors (Lipinski definition) is 1. The van der Waals surface area contributed by atoms with Gasteiger partial charge in [0, 0.05) is 37.1 Å². The van der Waals surface area contributed by atoms with Gasteiger partial charge in [-0.15, -0.1) is 0 Å². The first-order valence-corrected chi connectivity index (χ1v) is 9.50. The topological polar surface area (TPSA) is 44.3 Å². The highest BCUT2D eigenvalue weighted by molar-refractivity contribution is 5.67. The van der Waals surface area contributed by atoms with Gasteiger partial charge in [-0.3, -0.25) is 0 Å². The van der Waals surface area contributed by atoms with Gasteiger partial charge in [-0.1, -0.05) is 0 Å². The summed E-state index contributed by atoms with van der Waals surface area (Å²) >= 11 is 0. The summed E-state index contributed by atoms with van der Waals surface area (Å²) in [5, 5.41) is 2.77. The molecule has 1 saturated carbocycles. The lowest BCUT2D eigenvalue weighted by Gasteiger charge is -2.40. The van der Waals surface area contributed by atoms with Crippen LogP contribution in [0.1, 0.15) is 5.56 Å². The molecule has 2 atom stereocenters. The fourth-order valence-electron chi connectivity index (χ4n) is 4.07. The van der Waals surface area contributed by atoms with Crippen LogP contribution < -0.4 is 15.1 Å². The molecule has 0 aromatic carbocycles. The molecule has 0 bridgehead atoms. The molecule has 0 spiro atoms. The van der Waals surface area contributed by atoms with Crippen LogP contribution in [-0.2, 0) is 6.18 Å². The molecule has 2 aliphatic heterocycles. The van der Waals surface area contributed by atoms with E-state index >= 15 is 0 Å². The van der Waals surface area contributed by atoms with Crippen molar-refractivity contribution in [1.82, 2.24) is 9.97 Å². The van der Waals surface area contributed by atoms with E-state index in [4.69, 9.17) is 0 Å². The third-order valence-corrected chi connectivity index (χ3v) is 5.88. The van der Waals surface area contributed by atoms with E-state index < -0.39 is 48.5 Å². The van der Waals surface area contributed by atoms with E-state index in [1.54, 1.807) is 11.0 Å². The van der Waals surface area contributed by atoms with Gasteiger partial charge >= 0.3 is 6.18 Å². The Morgan fingerprint density at radius 1 is 0.935 bits per heavy atom. The molecule has 5 rings (SSSR count). The Morgan fingerprint density at radius 3 is 2.16 bits per heavy atom. The SMILES string of the molecule is FC1(F)CN(c2cc(Nc3ccc(C(F)(F)F)cn3)nc(N3CC4C(C3)C4(F)F)c2)C1. The lowest BCUT2D eigenvalue weighted by molar-refractivity contribution is -0.137. The lowest BCUT2D eigenvalue weighted by Crippen LogP contribution is -2.56. The summed E-state index contributed by atoms with van der Waals surface area (Å²) in [5.41, 5.74) is -0.502. The van der Waals surface area contributed by atoms with Crippen LogP contribution in [-0.4, -0.2) is 48.0 Å². The van der Waals surface area contributed by atoms with Crippen molar-refractivity contribution in [2.24, 2.45) is 11.8 Å². The van der Waals surface area contributed by atoms with E-state index in [-0.39, 0.29) is 24.7 Å². The van der Waals surface area contributed by atoms with Crippen LogP contribution in [0.2, 0.25) is 0 Å². The number of nitrogens with one attached hydrogen (secondary N) is 1. The molecule has 5 nitrogen and oxygen atoms in total. The summed E-state index contributed by atoms with van der Waals surface area (Å²) in [5.74, 6) is -6.42. The lowest BCUT2D eigenvalue weighted by atomic mass is 10.1. The molecule has 2 unspecified atom stereocenters. The highest BCUT2D eigenvalue weighted by atomic mass is 19.4. The highest BCUT2D eigenvalue weighted by Gasteiger charge is 2.71. The van der Waals surface area contributed by atoms with E-state index in [0.29, 0.717) is 17.7 Å². The van der Waals surface area contributed by atoms with Crippen LogP contribution >= 0.6 is 0 Å². The van der Waals surface area contributed by atoms with Gasteiger partial charge < -0.3 is 15.1 Å². The van der Waals surface area contributed by atoms with Gasteiger partial charge in [0.1, 0.15) is 17.5 Å². The highest BCUT2D eigenvalue weighted by Crippen LogP contribution is 2.59. The second-order valence-corrected chi connectivity index (χ2v) is 8.13. The maximum atomic E-state index is 13.5. The van der Waals surface area contributed by atoms with Crippen LogP contribution in [0.5, 0.6) is 0 Å². The van der Waals surface area contributed by atoms with E-state index in [1.807, 2.05) is 0 Å². The minimum absolute atomic E-state index is 0.0772. The number of halogens is 7. The predicted molar refractivity (Wildman–Crippen MR) is 98.1 cm³/mol. The molecule has 3 aliphatic rings. The van der Waals surface area contributed by atoms with Crippen molar-refractivity contribution in [2.45, 2.75) is 18.0 Å². The Kier molecular flexibility index (Phi) is 4.13. The van der Waals surface area contributed by atoms with Crippen molar-refractivity contribution in [3.63, 3.8) is 0 Å². The minimum Gasteiger partial charge on any atom is -0.359 e. The van der Waals surface area contributed by atoms with Gasteiger partial charge in [-0.05, 0) is 12.1 Å². The molecule has 1 N–H and O–H groups in total. The molecule has 4 heterocycles. The summed E-state index contributed by atoms with van der Waals surface area (Å²) in [7, 11) is 0. The Labute approximate surface area is 171 Å². The van der Waals surface area contributed by atoms with Gasteiger partial charge in [0.05, 0.1) is 30.5 Å². The van der Waals surface area contributed by atoms with Crippen molar-refractivity contribution < 1.29 is 30.7 Å². The number of fused-ring (bicyclic) bond motifs is 1. The molecule has 1 aliphatic carbocycles. The van der Waals surface area contributed by atoms with Crippen molar-refractivity contribution in [1.29, 1.82) is 0 Å². The summed E-state index contributed by atoms with van der Waals surface area (Å²) < 4.78 is 91.9. The number of alkyl halides is 7. The monoisotopic (exact) mass is 447 g/mol. The zero-order chi connectivity index (χ0) is 22.2. The minimum atomic E-state index is -4.53. The fraction of sp³-hybridized carbons (Fsp3) is 0.474. The Hall–Kier alpha value is -2.79. The second-order valence-electron chi connectivity index (χ2n) is 8.13. The van der Waals surface area contributed by atoms with E-state index in [1.165, 1.54) is 11.0 Å². The maximum Gasteiger partial charge on any atom is 0.417 e. The van der Waals surface area contributed by atoms with Crippen LogP contribution in [0.15, 0.2) is 30.5 Å². The second kappa shape index (κ2) is 6.36. The standard InChI is InChI=1S/C19H16F7N5/c20-17(21)8-31(9-17)11-3-15(28-14-2-1-10(5-27-14)19(24,25)26)29-16(4-11)30-6-12-13(7-30)18(12,22)23/h1-5,12-13H,6-9H2,(H,27,28,29). The average molecular weight is 447 g/mol. The molecular formula is C19H16F7N5. The average Bonchev–Trinajstić information content (AvgIpc) is 3.02. The summed E-state index contributed by atoms with van der Waals surface area (Å²) in [6.45, 7) is -0.778. The van der Waals surface area contributed by atoms with Crippen molar-refractivity contribution >= 4 is 23.1 Å². The maximum absolute atomic E-state index is 13.5. The molecule has 2 aromatic rings. The predicted octanol–water partition coefficient (Wildman–Crippen LogP) is 4.40. The van der Waals surface area contributed by atoms with Gasteiger partial charge in [0.15, 0.2) is 0 Å². The number of piperidine rings is 1. The summed E-state index contributed by atoms with van der Waals surface area (Å²) in [6.07, 6.45) is -3.86. The summed E-state index contributed by atoms with van der Waals surface area (Å²) in [6, 6.07) is 5.01. The molecule has 0 amide bonds. The zero-order valence-corrected chi connectivity index (χ0v) is 15.8. The first-order chi connectivity index (χ1) is 14.4. The van der Waals surface area contributed by atoms with Crippen LogP contribution in [0.4, 0.5) is 53.9 Å². The van der Waals surface area contributed by atoms with E-state index in [9.17, 15) is 30.7 Å². The number of pyridine rings is 2. The molecule has 2 aromatic heterocycles. The molecule has 31 heavy (non-hydrogen) atoms. The largest absolute Gasteiger partial charge is 0.417 e. The normalized spacial score (nSPS) is 25.8. The smallest absolute Gasteiger partial charge is 0.359 e.